The van der Waals surface area contributed by atoms with Crippen LogP contribution in [0.5, 0.6) is 0 Å². The summed E-state index contributed by atoms with van der Waals surface area (Å²) in [5, 5.41) is 10.2. The smallest absolute Gasteiger partial charge is 0.267 e. The first-order valence-corrected chi connectivity index (χ1v) is 3.80. The van der Waals surface area contributed by atoms with Gasteiger partial charge in [0.15, 0.2) is 6.33 Å². The summed E-state index contributed by atoms with van der Waals surface area (Å²) < 4.78 is 0. The minimum absolute atomic E-state index is 0.314. The lowest BCUT2D eigenvalue weighted by molar-refractivity contribution is 0.100. The summed E-state index contributed by atoms with van der Waals surface area (Å²) in [6.07, 6.45) is 4.34. The Morgan fingerprint density at radius 2 is 2.43 bits per heavy atom. The largest absolute Gasteiger partial charge is 0.273 e. The van der Waals surface area contributed by atoms with Crippen molar-refractivity contribution in [3.05, 3.63) is 36.4 Å². The van der Waals surface area contributed by atoms with Crippen LogP contribution in [-0.4, -0.2) is 31.2 Å². The highest BCUT2D eigenvalue weighted by Crippen LogP contribution is 1.95. The Morgan fingerprint density at radius 1 is 1.50 bits per heavy atom. The van der Waals surface area contributed by atoms with Crippen molar-refractivity contribution in [2.24, 2.45) is 0 Å². The number of rotatable bonds is 2. The molecule has 2 aromatic heterocycles. The molecule has 0 aliphatic heterocycles. The van der Waals surface area contributed by atoms with Crippen molar-refractivity contribution in [3.63, 3.8) is 0 Å². The van der Waals surface area contributed by atoms with Crippen molar-refractivity contribution in [1.29, 1.82) is 0 Å². The molecular formula is C7H6N6O. The maximum absolute atomic E-state index is 11.4. The van der Waals surface area contributed by atoms with E-state index in [4.69, 9.17) is 0 Å². The van der Waals surface area contributed by atoms with Crippen LogP contribution in [0.4, 0.5) is 0 Å². The van der Waals surface area contributed by atoms with Gasteiger partial charge in [-0.15, -0.1) is 9.89 Å². The van der Waals surface area contributed by atoms with E-state index >= 15 is 0 Å². The SMILES string of the molecule is O=C(Nn1cnnn1)c1cccnc1. The average Bonchev–Trinajstić information content (AvgIpc) is 2.72. The highest BCUT2D eigenvalue weighted by Gasteiger charge is 2.04. The van der Waals surface area contributed by atoms with Crippen LogP contribution >= 0.6 is 0 Å². The van der Waals surface area contributed by atoms with Gasteiger partial charge in [0.25, 0.3) is 5.91 Å². The van der Waals surface area contributed by atoms with Gasteiger partial charge in [-0.1, -0.05) is 0 Å². The van der Waals surface area contributed by atoms with Crippen molar-refractivity contribution >= 4 is 5.91 Å². The molecule has 2 heterocycles. The molecule has 0 aliphatic rings. The molecule has 2 rings (SSSR count). The Hall–Kier alpha value is -2.31. The summed E-state index contributed by atoms with van der Waals surface area (Å²) in [5.74, 6) is -0.314. The van der Waals surface area contributed by atoms with Gasteiger partial charge in [0.05, 0.1) is 5.56 Å². The van der Waals surface area contributed by atoms with E-state index in [9.17, 15) is 4.79 Å². The Kier molecular flexibility index (Phi) is 2.14. The number of nitrogens with one attached hydrogen (secondary N) is 1. The first-order valence-electron chi connectivity index (χ1n) is 3.80. The van der Waals surface area contributed by atoms with Crippen LogP contribution in [0.3, 0.4) is 0 Å². The normalized spacial score (nSPS) is 9.71. The van der Waals surface area contributed by atoms with Crippen LogP contribution in [0.25, 0.3) is 0 Å². The lowest BCUT2D eigenvalue weighted by Gasteiger charge is -2.01. The molecule has 7 heteroatoms. The van der Waals surface area contributed by atoms with E-state index in [0.717, 1.165) is 4.79 Å². The number of hydrogen-bond acceptors (Lipinski definition) is 5. The van der Waals surface area contributed by atoms with Crippen LogP contribution in [0.1, 0.15) is 10.4 Å². The molecule has 0 aliphatic carbocycles. The zero-order valence-electron chi connectivity index (χ0n) is 7.03. The summed E-state index contributed by atoms with van der Waals surface area (Å²) in [4.78, 5) is 16.4. The molecule has 0 atom stereocenters. The second-order valence-electron chi connectivity index (χ2n) is 2.44. The van der Waals surface area contributed by atoms with Gasteiger partial charge in [0.1, 0.15) is 0 Å². The molecule has 1 N–H and O–H groups in total. The highest BCUT2D eigenvalue weighted by molar-refractivity contribution is 5.99. The third-order valence-electron chi connectivity index (χ3n) is 1.49. The van der Waals surface area contributed by atoms with Crippen LogP contribution < -0.4 is 5.43 Å². The molecular weight excluding hydrogens is 184 g/mol. The summed E-state index contributed by atoms with van der Waals surface area (Å²) >= 11 is 0. The fourth-order valence-electron chi connectivity index (χ4n) is 0.878. The average molecular weight is 190 g/mol. The number of nitrogens with zero attached hydrogens (tertiary/aromatic N) is 5. The molecule has 1 amide bonds. The van der Waals surface area contributed by atoms with E-state index in [0.29, 0.717) is 5.56 Å². The molecule has 14 heavy (non-hydrogen) atoms. The van der Waals surface area contributed by atoms with Crippen LogP contribution in [0.15, 0.2) is 30.9 Å². The number of amides is 1. The molecule has 0 unspecified atom stereocenters. The number of aromatic nitrogens is 5. The van der Waals surface area contributed by atoms with Gasteiger partial charge in [-0.2, -0.15) is 0 Å². The van der Waals surface area contributed by atoms with E-state index in [1.165, 1.54) is 12.5 Å². The van der Waals surface area contributed by atoms with E-state index < -0.39 is 0 Å². The lowest BCUT2D eigenvalue weighted by atomic mass is 10.3. The second-order valence-corrected chi connectivity index (χ2v) is 2.44. The number of carbonyl (C=O) groups excluding carboxylic acids is 1. The highest BCUT2D eigenvalue weighted by atomic mass is 16.2. The third kappa shape index (κ3) is 1.71. The number of pyridine rings is 1. The second kappa shape index (κ2) is 3.60. The number of tetrazole rings is 1. The molecule has 70 valence electrons. The molecule has 0 radical (unpaired) electrons. The van der Waals surface area contributed by atoms with Crippen LogP contribution in [-0.2, 0) is 0 Å². The van der Waals surface area contributed by atoms with E-state index in [1.807, 2.05) is 0 Å². The van der Waals surface area contributed by atoms with Crippen molar-refractivity contribution in [3.8, 4) is 0 Å². The van der Waals surface area contributed by atoms with Crippen molar-refractivity contribution in [1.82, 2.24) is 25.3 Å². The standard InChI is InChI=1S/C7H6N6O/c14-7(6-2-1-3-8-4-6)10-13-5-9-11-12-13/h1-5H,(H,10,14). The third-order valence-corrected chi connectivity index (χ3v) is 1.49. The first-order chi connectivity index (χ1) is 6.86. The first kappa shape index (κ1) is 8.30. The van der Waals surface area contributed by atoms with Crippen LogP contribution in [0, 0.1) is 0 Å². The molecule has 0 aromatic carbocycles. The van der Waals surface area contributed by atoms with E-state index in [1.54, 1.807) is 18.3 Å². The summed E-state index contributed by atoms with van der Waals surface area (Å²) in [6, 6.07) is 3.32. The molecule has 7 nitrogen and oxygen atoms in total. The maximum Gasteiger partial charge on any atom is 0.273 e. The Balaban J connectivity index is 2.11. The molecule has 0 saturated heterocycles. The zero-order chi connectivity index (χ0) is 9.80. The minimum Gasteiger partial charge on any atom is -0.267 e. The molecule has 0 spiro atoms. The predicted octanol–water partition coefficient (Wildman–Crippen LogP) is -0.548. The van der Waals surface area contributed by atoms with Gasteiger partial charge in [-0.25, -0.2) is 5.43 Å². The van der Waals surface area contributed by atoms with E-state index in [-0.39, 0.29) is 5.91 Å². The van der Waals surface area contributed by atoms with Crippen molar-refractivity contribution in [2.45, 2.75) is 0 Å². The van der Waals surface area contributed by atoms with E-state index in [2.05, 4.69) is 25.9 Å². The molecule has 0 bridgehead atoms. The summed E-state index contributed by atoms with van der Waals surface area (Å²) in [5.41, 5.74) is 2.89. The summed E-state index contributed by atoms with van der Waals surface area (Å²) in [6.45, 7) is 0. The topological polar surface area (TPSA) is 85.6 Å². The number of hydrogen-bond donors (Lipinski definition) is 1. The van der Waals surface area contributed by atoms with Crippen molar-refractivity contribution < 1.29 is 4.79 Å². The fourth-order valence-corrected chi connectivity index (χ4v) is 0.878. The fraction of sp³-hybridized carbons (Fsp3) is 0. The van der Waals surface area contributed by atoms with Gasteiger partial charge >= 0.3 is 0 Å². The molecule has 0 fully saturated rings. The summed E-state index contributed by atoms with van der Waals surface area (Å²) in [7, 11) is 0. The monoisotopic (exact) mass is 190 g/mol. The Morgan fingerprint density at radius 3 is 3.07 bits per heavy atom. The number of carbonyl (C=O) groups is 1. The lowest BCUT2D eigenvalue weighted by Crippen LogP contribution is -2.23. The Labute approximate surface area is 78.7 Å². The van der Waals surface area contributed by atoms with Gasteiger partial charge in [-0.3, -0.25) is 9.78 Å². The molecule has 2 aromatic rings. The zero-order valence-corrected chi connectivity index (χ0v) is 7.03. The quantitative estimate of drug-likeness (QED) is 0.686. The van der Waals surface area contributed by atoms with Gasteiger partial charge in [0, 0.05) is 12.4 Å². The van der Waals surface area contributed by atoms with Gasteiger partial charge in [-0.05, 0) is 22.6 Å². The maximum atomic E-state index is 11.4. The van der Waals surface area contributed by atoms with Crippen LogP contribution in [0.2, 0.25) is 0 Å². The molecule has 0 saturated carbocycles. The minimum atomic E-state index is -0.314. The van der Waals surface area contributed by atoms with Crippen molar-refractivity contribution in [2.75, 3.05) is 5.43 Å². The van der Waals surface area contributed by atoms with Gasteiger partial charge < -0.3 is 0 Å². The predicted molar refractivity (Wildman–Crippen MR) is 45.7 cm³/mol. The van der Waals surface area contributed by atoms with Gasteiger partial charge in [0.2, 0.25) is 0 Å². The Bertz CT molecular complexity index is 411.